The Bertz CT molecular complexity index is 827. The van der Waals surface area contributed by atoms with Crippen LogP contribution < -0.4 is 0 Å². The third-order valence-electron chi connectivity index (χ3n) is 4.51. The molecule has 128 valence electrons. The summed E-state index contributed by atoms with van der Waals surface area (Å²) in [4.78, 5) is 17.4. The first-order valence-corrected chi connectivity index (χ1v) is 8.54. The molecule has 3 rings (SSSR count). The number of benzene rings is 2. The molecule has 0 saturated heterocycles. The zero-order valence-corrected chi connectivity index (χ0v) is 15.0. The summed E-state index contributed by atoms with van der Waals surface area (Å²) in [6.07, 6.45) is 3.59. The maximum atomic E-state index is 13.4. The van der Waals surface area contributed by atoms with E-state index in [9.17, 15) is 4.79 Å². The lowest BCUT2D eigenvalue weighted by molar-refractivity contribution is -0.127. The van der Waals surface area contributed by atoms with Crippen molar-refractivity contribution < 1.29 is 4.79 Å². The van der Waals surface area contributed by atoms with Crippen LogP contribution in [0.5, 0.6) is 0 Å². The van der Waals surface area contributed by atoms with Crippen LogP contribution in [0.3, 0.4) is 0 Å². The second-order valence-corrected chi connectivity index (χ2v) is 7.01. The molecular weight excluding hydrogens is 334 g/mol. The topological polar surface area (TPSA) is 47.8 Å². The van der Waals surface area contributed by atoms with E-state index in [4.69, 9.17) is 11.6 Å². The van der Waals surface area contributed by atoms with E-state index in [2.05, 4.69) is 10.1 Å². The lowest BCUT2D eigenvalue weighted by Gasteiger charge is -2.29. The van der Waals surface area contributed by atoms with Gasteiger partial charge in [0.05, 0.1) is 5.41 Å². The van der Waals surface area contributed by atoms with Crippen LogP contribution in [-0.2, 0) is 16.6 Å². The number of halogens is 1. The van der Waals surface area contributed by atoms with Gasteiger partial charge in [-0.3, -0.25) is 4.79 Å². The van der Waals surface area contributed by atoms with E-state index < -0.39 is 11.5 Å². The minimum Gasteiger partial charge on any atom is -0.296 e. The monoisotopic (exact) mass is 353 g/mol. The van der Waals surface area contributed by atoms with Gasteiger partial charge in [-0.2, -0.15) is 5.10 Å². The Kier molecular flexibility index (Phi) is 5.00. The highest BCUT2D eigenvalue weighted by Gasteiger charge is 2.36. The van der Waals surface area contributed by atoms with Crippen molar-refractivity contribution in [1.82, 2.24) is 14.8 Å². The summed E-state index contributed by atoms with van der Waals surface area (Å²) in [6, 6.07) is 16.9. The van der Waals surface area contributed by atoms with Crippen molar-refractivity contribution in [2.45, 2.75) is 31.7 Å². The first-order chi connectivity index (χ1) is 12.0. The average molecular weight is 354 g/mol. The van der Waals surface area contributed by atoms with E-state index in [1.165, 1.54) is 6.33 Å². The molecule has 0 fully saturated rings. The number of hydrogen-bond acceptors (Lipinski definition) is 3. The first kappa shape index (κ1) is 17.4. The Labute approximate surface area is 152 Å². The largest absolute Gasteiger partial charge is 0.296 e. The van der Waals surface area contributed by atoms with Crippen LogP contribution in [-0.4, -0.2) is 20.5 Å². The summed E-state index contributed by atoms with van der Waals surface area (Å²) in [7, 11) is 0. The number of hydrogen-bond donors (Lipinski definition) is 0. The molecule has 25 heavy (non-hydrogen) atoms. The highest BCUT2D eigenvalue weighted by molar-refractivity contribution is 6.30. The summed E-state index contributed by atoms with van der Waals surface area (Å²) in [6.45, 7) is 3.91. The number of carbonyl (C=O) groups excluding carboxylic acids is 1. The summed E-state index contributed by atoms with van der Waals surface area (Å²) in [5.74, 6) is 0.0964. The normalized spacial score (nSPS) is 12.8. The summed E-state index contributed by atoms with van der Waals surface area (Å²) in [5, 5.41) is 4.89. The third kappa shape index (κ3) is 3.80. The van der Waals surface area contributed by atoms with Gasteiger partial charge < -0.3 is 0 Å². The zero-order valence-electron chi connectivity index (χ0n) is 14.3. The van der Waals surface area contributed by atoms with Gasteiger partial charge in [0.15, 0.2) is 5.78 Å². The van der Waals surface area contributed by atoms with E-state index in [1.54, 1.807) is 11.0 Å². The number of carbonyl (C=O) groups is 1. The van der Waals surface area contributed by atoms with Gasteiger partial charge in [-0.1, -0.05) is 54.1 Å². The molecule has 3 aromatic rings. The van der Waals surface area contributed by atoms with Crippen molar-refractivity contribution >= 4 is 17.4 Å². The highest BCUT2D eigenvalue weighted by atomic mass is 35.5. The molecule has 5 heteroatoms. The number of rotatable bonds is 6. The molecule has 0 radical (unpaired) electrons. The van der Waals surface area contributed by atoms with Gasteiger partial charge in [0, 0.05) is 11.4 Å². The molecule has 0 aliphatic carbocycles. The second-order valence-electron chi connectivity index (χ2n) is 6.58. The van der Waals surface area contributed by atoms with Crippen LogP contribution in [0.4, 0.5) is 0 Å². The lowest BCUT2D eigenvalue weighted by Crippen LogP contribution is -2.37. The highest BCUT2D eigenvalue weighted by Crippen LogP contribution is 2.30. The molecular formula is C20H20ClN3O. The number of ketones is 1. The van der Waals surface area contributed by atoms with Crippen molar-refractivity contribution in [1.29, 1.82) is 0 Å². The molecule has 4 nitrogen and oxygen atoms in total. The SMILES string of the molecule is CC(C)(C(=O)C(Cc1ccc(Cl)cc1)n1cncn1)c1ccccc1. The van der Waals surface area contributed by atoms with E-state index in [-0.39, 0.29) is 5.78 Å². The predicted octanol–water partition coefficient (Wildman–Crippen LogP) is 4.26. The van der Waals surface area contributed by atoms with Crippen molar-refractivity contribution in [3.05, 3.63) is 83.4 Å². The fraction of sp³-hybridized carbons (Fsp3) is 0.250. The van der Waals surface area contributed by atoms with Crippen LogP contribution in [0.15, 0.2) is 67.3 Å². The fourth-order valence-corrected chi connectivity index (χ4v) is 3.07. The van der Waals surface area contributed by atoms with Crippen LogP contribution >= 0.6 is 11.6 Å². The molecule has 1 aromatic heterocycles. The molecule has 1 heterocycles. The molecule has 0 aliphatic rings. The molecule has 2 aromatic carbocycles. The number of aromatic nitrogens is 3. The number of nitrogens with zero attached hydrogens (tertiary/aromatic N) is 3. The smallest absolute Gasteiger partial charge is 0.167 e. The van der Waals surface area contributed by atoms with Crippen molar-refractivity contribution in [2.24, 2.45) is 0 Å². The van der Waals surface area contributed by atoms with Gasteiger partial charge in [-0.25, -0.2) is 9.67 Å². The van der Waals surface area contributed by atoms with Gasteiger partial charge in [-0.05, 0) is 37.1 Å². The summed E-state index contributed by atoms with van der Waals surface area (Å²) < 4.78 is 1.64. The fourth-order valence-electron chi connectivity index (χ4n) is 2.94. The van der Waals surface area contributed by atoms with Crippen LogP contribution in [0.2, 0.25) is 5.02 Å². The Hall–Kier alpha value is -2.46. The Morgan fingerprint density at radius 3 is 2.40 bits per heavy atom. The quantitative estimate of drug-likeness (QED) is 0.665. The summed E-state index contributed by atoms with van der Waals surface area (Å²) >= 11 is 5.97. The summed E-state index contributed by atoms with van der Waals surface area (Å²) in [5.41, 5.74) is 1.38. The zero-order chi connectivity index (χ0) is 17.9. The van der Waals surface area contributed by atoms with Gasteiger partial charge in [0.2, 0.25) is 0 Å². The Morgan fingerprint density at radius 2 is 1.80 bits per heavy atom. The van der Waals surface area contributed by atoms with Gasteiger partial charge in [-0.15, -0.1) is 0 Å². The van der Waals surface area contributed by atoms with Crippen LogP contribution in [0.25, 0.3) is 0 Å². The van der Waals surface area contributed by atoms with Crippen molar-refractivity contribution in [3.8, 4) is 0 Å². The molecule has 0 amide bonds. The van der Waals surface area contributed by atoms with E-state index in [0.717, 1.165) is 11.1 Å². The van der Waals surface area contributed by atoms with Crippen molar-refractivity contribution in [3.63, 3.8) is 0 Å². The minimum atomic E-state index is -0.635. The van der Waals surface area contributed by atoms with E-state index in [1.807, 2.05) is 68.4 Å². The molecule has 1 atom stereocenters. The van der Waals surface area contributed by atoms with Gasteiger partial charge in [0.25, 0.3) is 0 Å². The van der Waals surface area contributed by atoms with E-state index in [0.29, 0.717) is 11.4 Å². The molecule has 0 spiro atoms. The molecule has 0 N–H and O–H groups in total. The van der Waals surface area contributed by atoms with Gasteiger partial charge >= 0.3 is 0 Å². The van der Waals surface area contributed by atoms with Crippen molar-refractivity contribution in [2.75, 3.05) is 0 Å². The average Bonchev–Trinajstić information content (AvgIpc) is 3.16. The Balaban J connectivity index is 1.94. The maximum absolute atomic E-state index is 13.4. The molecule has 0 aliphatic heterocycles. The lowest BCUT2D eigenvalue weighted by atomic mass is 9.77. The third-order valence-corrected chi connectivity index (χ3v) is 4.76. The molecule has 1 unspecified atom stereocenters. The van der Waals surface area contributed by atoms with Gasteiger partial charge in [0.1, 0.15) is 18.7 Å². The first-order valence-electron chi connectivity index (χ1n) is 8.17. The standard InChI is InChI=1S/C20H20ClN3O/c1-20(2,16-6-4-3-5-7-16)19(25)18(24-14-22-13-23-24)12-15-8-10-17(21)11-9-15/h3-11,13-14,18H,12H2,1-2H3. The molecule has 0 saturated carbocycles. The second kappa shape index (κ2) is 7.19. The number of Topliss-reactive ketones (excluding diaryl/α,β-unsaturated/α-hetero) is 1. The van der Waals surface area contributed by atoms with E-state index >= 15 is 0 Å². The molecule has 0 bridgehead atoms. The predicted molar refractivity (Wildman–Crippen MR) is 98.7 cm³/mol. The van der Waals surface area contributed by atoms with Crippen LogP contribution in [0.1, 0.15) is 31.0 Å². The Morgan fingerprint density at radius 1 is 1.12 bits per heavy atom. The minimum absolute atomic E-state index is 0.0964. The maximum Gasteiger partial charge on any atom is 0.167 e. The van der Waals surface area contributed by atoms with Crippen LogP contribution in [0, 0.1) is 0 Å².